The number of ether oxygens (including phenoxy) is 1. The summed E-state index contributed by atoms with van der Waals surface area (Å²) in [7, 11) is 0. The van der Waals surface area contributed by atoms with Crippen molar-refractivity contribution in [1.82, 2.24) is 4.57 Å². The molecule has 4 aromatic rings. The summed E-state index contributed by atoms with van der Waals surface area (Å²) in [4.78, 5) is 29.4. The van der Waals surface area contributed by atoms with Crippen LogP contribution in [0, 0.1) is 6.92 Å². The van der Waals surface area contributed by atoms with Gasteiger partial charge < -0.3 is 19.9 Å². The van der Waals surface area contributed by atoms with E-state index in [9.17, 15) is 9.59 Å². The lowest BCUT2D eigenvalue weighted by Crippen LogP contribution is -2.09. The molecule has 38 heavy (non-hydrogen) atoms. The topological polar surface area (TPSA) is 95.9 Å². The quantitative estimate of drug-likeness (QED) is 0.0403. The van der Waals surface area contributed by atoms with Crippen LogP contribution in [-0.2, 0) is 25.7 Å². The van der Waals surface area contributed by atoms with Crippen molar-refractivity contribution in [2.24, 2.45) is 5.16 Å². The van der Waals surface area contributed by atoms with Gasteiger partial charge in [0.1, 0.15) is 12.3 Å². The molecule has 0 amide bonds. The fourth-order valence-electron chi connectivity index (χ4n) is 4.39. The molecule has 1 aromatic heterocycles. The number of hydrogen-bond donors (Lipinski definition) is 1. The smallest absolute Gasteiger partial charge is 0.333 e. The van der Waals surface area contributed by atoms with Gasteiger partial charge in [-0.2, -0.15) is 0 Å². The Hall–Kier alpha value is -4.04. The van der Waals surface area contributed by atoms with Crippen LogP contribution in [0.5, 0.6) is 0 Å². The molecule has 0 aliphatic rings. The Kier molecular flexibility index (Phi) is 8.22. The van der Waals surface area contributed by atoms with E-state index < -0.39 is 5.97 Å². The number of nitrogens with zero attached hydrogens (tertiary/aromatic N) is 2. The van der Waals surface area contributed by atoms with Gasteiger partial charge in [-0.25, -0.2) is 9.59 Å². The highest BCUT2D eigenvalue weighted by Gasteiger charge is 2.17. The van der Waals surface area contributed by atoms with Crippen molar-refractivity contribution in [2.45, 2.75) is 39.1 Å². The van der Waals surface area contributed by atoms with Crippen molar-refractivity contribution in [3.8, 4) is 0 Å². The van der Waals surface area contributed by atoms with E-state index in [-0.39, 0.29) is 5.97 Å². The Morgan fingerprint density at radius 1 is 1.03 bits per heavy atom. The third-order valence-electron chi connectivity index (χ3n) is 6.13. The first-order valence-corrected chi connectivity index (χ1v) is 13.3. The van der Waals surface area contributed by atoms with Gasteiger partial charge in [0, 0.05) is 68.3 Å². The molecule has 1 heterocycles. The van der Waals surface area contributed by atoms with Crippen molar-refractivity contribution in [2.75, 3.05) is 18.1 Å². The highest BCUT2D eigenvalue weighted by molar-refractivity contribution is 7.99. The second kappa shape index (κ2) is 11.6. The molecule has 0 spiro atoms. The molecule has 0 aliphatic heterocycles. The van der Waals surface area contributed by atoms with E-state index in [0.29, 0.717) is 29.3 Å². The number of benzene rings is 3. The monoisotopic (exact) mass is 529 g/mol. The number of nitrogens with two attached hydrogens (primary N) is 1. The molecule has 0 aliphatic carbocycles. The van der Waals surface area contributed by atoms with Crippen LogP contribution < -0.4 is 5.73 Å². The van der Waals surface area contributed by atoms with E-state index in [1.165, 1.54) is 6.92 Å². The van der Waals surface area contributed by atoms with Gasteiger partial charge in [0.25, 0.3) is 0 Å². The summed E-state index contributed by atoms with van der Waals surface area (Å²) in [5.41, 5.74) is 12.6. The average Bonchev–Trinajstić information content (AvgIpc) is 3.19. The van der Waals surface area contributed by atoms with Crippen LogP contribution in [0.2, 0.25) is 0 Å². The standard InChI is InChI=1S/C30H31N3O4S/c1-6-33-27-11-7-21(16-25(27)26-17-22(31)8-12-28(26)33)29(32-37-20(5)34)24-10-9-23(15-19(24)4)38-14-13-36-30(35)18(2)3/h7-12,15-17H,2,6,13-14,31H2,1,3-5H3/b32-29-. The first-order valence-electron chi connectivity index (χ1n) is 12.3. The van der Waals surface area contributed by atoms with Gasteiger partial charge in [0.2, 0.25) is 0 Å². The first kappa shape index (κ1) is 27.0. The lowest BCUT2D eigenvalue weighted by atomic mass is 9.97. The Bertz CT molecular complexity index is 1590. The van der Waals surface area contributed by atoms with Gasteiger partial charge in [-0.15, -0.1) is 11.8 Å². The van der Waals surface area contributed by atoms with Crippen LogP contribution in [-0.4, -0.2) is 34.6 Å². The molecule has 0 saturated carbocycles. The fourth-order valence-corrected chi connectivity index (χ4v) is 5.21. The van der Waals surface area contributed by atoms with E-state index >= 15 is 0 Å². The molecule has 7 nitrogen and oxygen atoms in total. The summed E-state index contributed by atoms with van der Waals surface area (Å²) < 4.78 is 7.43. The van der Waals surface area contributed by atoms with Crippen LogP contribution in [0.4, 0.5) is 5.69 Å². The number of oxime groups is 1. The predicted molar refractivity (Wildman–Crippen MR) is 155 cm³/mol. The van der Waals surface area contributed by atoms with Gasteiger partial charge in [0.15, 0.2) is 0 Å². The Balaban J connectivity index is 1.69. The second-order valence-corrected chi connectivity index (χ2v) is 10.2. The lowest BCUT2D eigenvalue weighted by molar-refractivity contribution is -0.141. The number of nitrogen functional groups attached to an aromatic ring is 1. The maximum atomic E-state index is 11.7. The number of esters is 1. The van der Waals surface area contributed by atoms with Crippen molar-refractivity contribution in [1.29, 1.82) is 0 Å². The second-order valence-electron chi connectivity index (χ2n) is 9.02. The number of thioether (sulfide) groups is 1. The Labute approximate surface area is 226 Å². The van der Waals surface area contributed by atoms with Crippen molar-refractivity contribution in [3.63, 3.8) is 0 Å². The van der Waals surface area contributed by atoms with Crippen molar-refractivity contribution >= 4 is 56.9 Å². The predicted octanol–water partition coefficient (Wildman–Crippen LogP) is 6.23. The average molecular weight is 530 g/mol. The summed E-state index contributed by atoms with van der Waals surface area (Å²) in [6, 6.07) is 18.1. The van der Waals surface area contributed by atoms with Gasteiger partial charge in [0.05, 0.1) is 0 Å². The largest absolute Gasteiger partial charge is 0.461 e. The summed E-state index contributed by atoms with van der Waals surface area (Å²) in [5, 5.41) is 6.37. The van der Waals surface area contributed by atoms with Crippen LogP contribution in [0.15, 0.2) is 76.8 Å². The van der Waals surface area contributed by atoms with E-state index in [2.05, 4.69) is 35.4 Å². The van der Waals surface area contributed by atoms with Gasteiger partial charge in [-0.1, -0.05) is 23.9 Å². The number of fused-ring (bicyclic) bond motifs is 3. The number of anilines is 1. The number of aromatic nitrogens is 1. The number of carbonyl (C=O) groups excluding carboxylic acids is 2. The van der Waals surface area contributed by atoms with Crippen LogP contribution in [0.25, 0.3) is 21.8 Å². The van der Waals surface area contributed by atoms with Gasteiger partial charge in [-0.3, -0.25) is 0 Å². The molecule has 0 bridgehead atoms. The van der Waals surface area contributed by atoms with Crippen LogP contribution in [0.1, 0.15) is 37.5 Å². The molecule has 0 fully saturated rings. The molecule has 2 N–H and O–H groups in total. The summed E-state index contributed by atoms with van der Waals surface area (Å²) in [6.07, 6.45) is 0. The van der Waals surface area contributed by atoms with E-state index in [4.69, 9.17) is 15.3 Å². The van der Waals surface area contributed by atoms with Crippen molar-refractivity contribution < 1.29 is 19.2 Å². The summed E-state index contributed by atoms with van der Waals surface area (Å²) in [6.45, 7) is 11.8. The molecule has 8 heteroatoms. The minimum Gasteiger partial charge on any atom is -0.461 e. The Morgan fingerprint density at radius 2 is 1.74 bits per heavy atom. The normalized spacial score (nSPS) is 11.6. The minimum atomic E-state index is -0.493. The Morgan fingerprint density at radius 3 is 2.39 bits per heavy atom. The zero-order chi connectivity index (χ0) is 27.4. The third kappa shape index (κ3) is 5.75. The summed E-state index contributed by atoms with van der Waals surface area (Å²) >= 11 is 1.59. The van der Waals surface area contributed by atoms with Crippen LogP contribution >= 0.6 is 11.8 Å². The highest BCUT2D eigenvalue weighted by Crippen LogP contribution is 2.32. The molecule has 0 radical (unpaired) electrons. The first-order chi connectivity index (χ1) is 18.2. The van der Waals surface area contributed by atoms with E-state index in [1.54, 1.807) is 18.7 Å². The van der Waals surface area contributed by atoms with Gasteiger partial charge in [-0.05, 0) is 68.8 Å². The molecule has 4 rings (SSSR count). The molecule has 0 atom stereocenters. The molecular weight excluding hydrogens is 498 g/mol. The third-order valence-corrected chi connectivity index (χ3v) is 7.09. The number of carbonyl (C=O) groups is 2. The van der Waals surface area contributed by atoms with Gasteiger partial charge >= 0.3 is 11.9 Å². The number of hydrogen-bond acceptors (Lipinski definition) is 7. The number of aryl methyl sites for hydroxylation is 2. The molecule has 0 saturated heterocycles. The maximum absolute atomic E-state index is 11.7. The minimum absolute atomic E-state index is 0.298. The maximum Gasteiger partial charge on any atom is 0.333 e. The molecule has 196 valence electrons. The zero-order valence-corrected chi connectivity index (χ0v) is 22.9. The fraction of sp³-hybridized carbons (Fsp3) is 0.233. The highest BCUT2D eigenvalue weighted by atomic mass is 32.2. The number of rotatable bonds is 9. The van der Waals surface area contributed by atoms with E-state index in [1.807, 2.05) is 49.4 Å². The van der Waals surface area contributed by atoms with Crippen LogP contribution in [0.3, 0.4) is 0 Å². The van der Waals surface area contributed by atoms with E-state index in [0.717, 1.165) is 49.9 Å². The SMILES string of the molecule is C=C(C)C(=O)OCCSc1ccc(/C(=N\OC(C)=O)c2ccc3c(c2)c2cc(N)ccc2n3CC)c(C)c1. The zero-order valence-electron chi connectivity index (χ0n) is 22.0. The molecule has 3 aromatic carbocycles. The molecular formula is C30H31N3O4S. The molecule has 0 unspecified atom stereocenters. The summed E-state index contributed by atoms with van der Waals surface area (Å²) in [5.74, 6) is -0.258. The van der Waals surface area contributed by atoms with Crippen molar-refractivity contribution in [3.05, 3.63) is 83.4 Å². The lowest BCUT2D eigenvalue weighted by Gasteiger charge is -2.12.